The zero-order valence-corrected chi connectivity index (χ0v) is 20.3. The number of ether oxygens (including phenoxy) is 4. The molecule has 2 atom stereocenters. The Balaban J connectivity index is 1.21. The summed E-state index contributed by atoms with van der Waals surface area (Å²) in [5.74, 6) is -2.44. The van der Waals surface area contributed by atoms with Crippen molar-refractivity contribution in [3.05, 3.63) is 64.1 Å². The first-order chi connectivity index (χ1) is 17.5. The van der Waals surface area contributed by atoms with Gasteiger partial charge in [-0.15, -0.1) is 0 Å². The van der Waals surface area contributed by atoms with E-state index in [4.69, 9.17) is 18.9 Å². The minimum Gasteiger partial charge on any atom is -0.491 e. The Morgan fingerprint density at radius 2 is 1.92 bits per heavy atom. The lowest BCUT2D eigenvalue weighted by molar-refractivity contribution is -0.274. The molecule has 1 spiro atoms. The zero-order chi connectivity index (χ0) is 25.0. The molecule has 3 fully saturated rings. The maximum Gasteiger partial charge on any atom is 0.421 e. The fourth-order valence-corrected chi connectivity index (χ4v) is 5.23. The standard InChI is InChI=1S/C27H32N2O7/c30-24-21(6-4-12-28-24)17-29-13-11-20(16-27(29)35-25(31)26(32)36-27)10-9-19-5-3-8-22(15-19)34-18-23-7-1-2-14-33-23/h3-6,8,12,15,20,23H,1-2,7,9-11,13-14,16-18H2,(H,28,30). The second kappa shape index (κ2) is 10.8. The van der Waals surface area contributed by atoms with Crippen LogP contribution in [-0.4, -0.2) is 53.6 Å². The van der Waals surface area contributed by atoms with Crippen molar-refractivity contribution in [2.75, 3.05) is 19.8 Å². The third kappa shape index (κ3) is 5.63. The number of aromatic nitrogens is 1. The number of carbonyl (C=O) groups is 2. The molecule has 1 aromatic carbocycles. The van der Waals surface area contributed by atoms with E-state index in [-0.39, 0.29) is 24.1 Å². The molecule has 4 heterocycles. The minimum atomic E-state index is -1.47. The van der Waals surface area contributed by atoms with Crippen molar-refractivity contribution in [1.29, 1.82) is 0 Å². The van der Waals surface area contributed by atoms with Gasteiger partial charge in [-0.05, 0) is 68.2 Å². The molecule has 0 bridgehead atoms. The van der Waals surface area contributed by atoms with Crippen LogP contribution in [0.4, 0.5) is 0 Å². The number of aromatic amines is 1. The first-order valence-electron chi connectivity index (χ1n) is 12.7. The number of aryl methyl sites for hydroxylation is 1. The lowest BCUT2D eigenvalue weighted by Gasteiger charge is -2.43. The number of likely N-dealkylation sites (tertiary alicyclic amines) is 1. The van der Waals surface area contributed by atoms with Crippen molar-refractivity contribution < 1.29 is 28.5 Å². The van der Waals surface area contributed by atoms with Crippen molar-refractivity contribution in [3.63, 3.8) is 0 Å². The predicted molar refractivity (Wildman–Crippen MR) is 129 cm³/mol. The van der Waals surface area contributed by atoms with E-state index in [0.29, 0.717) is 25.1 Å². The summed E-state index contributed by atoms with van der Waals surface area (Å²) in [6.45, 7) is 2.11. The van der Waals surface area contributed by atoms with E-state index in [1.54, 1.807) is 23.2 Å². The smallest absolute Gasteiger partial charge is 0.421 e. The van der Waals surface area contributed by atoms with E-state index in [1.165, 1.54) is 6.42 Å². The number of pyridine rings is 1. The van der Waals surface area contributed by atoms with Crippen LogP contribution in [-0.2, 0) is 36.8 Å². The number of nitrogens with zero attached hydrogens (tertiary/aromatic N) is 1. The van der Waals surface area contributed by atoms with Crippen molar-refractivity contribution in [2.45, 2.75) is 63.5 Å². The van der Waals surface area contributed by atoms with Gasteiger partial charge < -0.3 is 23.9 Å². The minimum absolute atomic E-state index is 0.159. The molecule has 1 aromatic heterocycles. The van der Waals surface area contributed by atoms with Crippen molar-refractivity contribution in [3.8, 4) is 5.75 Å². The quantitative estimate of drug-likeness (QED) is 0.439. The van der Waals surface area contributed by atoms with E-state index in [9.17, 15) is 14.4 Å². The van der Waals surface area contributed by atoms with Crippen molar-refractivity contribution in [2.24, 2.45) is 5.92 Å². The normalized spacial score (nSPS) is 23.9. The van der Waals surface area contributed by atoms with Crippen molar-refractivity contribution in [1.82, 2.24) is 9.88 Å². The Kier molecular flexibility index (Phi) is 7.38. The summed E-state index contributed by atoms with van der Waals surface area (Å²) >= 11 is 0. The molecule has 3 aliphatic heterocycles. The third-order valence-electron chi connectivity index (χ3n) is 7.22. The highest BCUT2D eigenvalue weighted by atomic mass is 16.8. The van der Waals surface area contributed by atoms with Gasteiger partial charge >= 0.3 is 17.8 Å². The molecule has 5 rings (SSSR count). The number of benzene rings is 1. The fourth-order valence-electron chi connectivity index (χ4n) is 5.23. The summed E-state index contributed by atoms with van der Waals surface area (Å²) in [4.78, 5) is 40.6. The van der Waals surface area contributed by atoms with Gasteiger partial charge in [-0.3, -0.25) is 4.79 Å². The largest absolute Gasteiger partial charge is 0.491 e. The summed E-state index contributed by atoms with van der Waals surface area (Å²) in [5.41, 5.74) is 1.46. The Bertz CT molecular complexity index is 1120. The number of H-pyrrole nitrogens is 1. The summed E-state index contributed by atoms with van der Waals surface area (Å²) < 4.78 is 22.7. The maximum absolute atomic E-state index is 12.2. The van der Waals surface area contributed by atoms with E-state index in [2.05, 4.69) is 17.1 Å². The molecule has 3 aliphatic rings. The van der Waals surface area contributed by atoms with Gasteiger partial charge in [-0.2, -0.15) is 0 Å². The van der Waals surface area contributed by atoms with Crippen LogP contribution in [0.15, 0.2) is 47.4 Å². The van der Waals surface area contributed by atoms with E-state index < -0.39 is 17.8 Å². The Morgan fingerprint density at radius 3 is 2.69 bits per heavy atom. The first-order valence-corrected chi connectivity index (χ1v) is 12.7. The lowest BCUT2D eigenvalue weighted by atomic mass is 9.88. The summed E-state index contributed by atoms with van der Waals surface area (Å²) in [7, 11) is 0. The highest BCUT2D eigenvalue weighted by Crippen LogP contribution is 2.40. The zero-order valence-electron chi connectivity index (χ0n) is 20.3. The number of rotatable bonds is 8. The molecule has 2 aromatic rings. The number of esters is 2. The predicted octanol–water partition coefficient (Wildman–Crippen LogP) is 2.92. The molecular weight excluding hydrogens is 464 g/mol. The molecule has 2 unspecified atom stereocenters. The van der Waals surface area contributed by atoms with Crippen LogP contribution in [0, 0.1) is 5.92 Å². The Labute approximate surface area is 209 Å². The van der Waals surface area contributed by atoms with Crippen LogP contribution in [0.25, 0.3) is 0 Å². The van der Waals surface area contributed by atoms with Gasteiger partial charge in [0, 0.05) is 37.9 Å². The molecule has 9 heteroatoms. The number of hydrogen-bond donors (Lipinski definition) is 1. The fraction of sp³-hybridized carbons (Fsp3) is 0.519. The van der Waals surface area contributed by atoms with Crippen LogP contribution in [0.2, 0.25) is 0 Å². The SMILES string of the molecule is O=C1OC2(CC(CCc3cccc(OCC4CCCCO4)c3)CCN2Cc2ccc[nH]c2=O)OC1=O. The van der Waals surface area contributed by atoms with E-state index in [0.717, 1.165) is 50.0 Å². The van der Waals surface area contributed by atoms with Crippen LogP contribution >= 0.6 is 0 Å². The van der Waals surface area contributed by atoms with Gasteiger partial charge in [-0.1, -0.05) is 18.2 Å². The van der Waals surface area contributed by atoms with Gasteiger partial charge in [0.1, 0.15) is 12.4 Å². The molecule has 3 saturated heterocycles. The average Bonchev–Trinajstić information content (AvgIpc) is 3.18. The number of nitrogens with one attached hydrogen (secondary N) is 1. The first kappa shape index (κ1) is 24.5. The summed E-state index contributed by atoms with van der Waals surface area (Å²) in [6.07, 6.45) is 7.91. The van der Waals surface area contributed by atoms with Gasteiger partial charge in [0.2, 0.25) is 0 Å². The Morgan fingerprint density at radius 1 is 1.06 bits per heavy atom. The van der Waals surface area contributed by atoms with E-state index in [1.807, 2.05) is 12.1 Å². The summed E-state index contributed by atoms with van der Waals surface area (Å²) in [6, 6.07) is 11.5. The van der Waals surface area contributed by atoms with Crippen LogP contribution in [0.1, 0.15) is 49.7 Å². The molecule has 0 radical (unpaired) electrons. The van der Waals surface area contributed by atoms with Gasteiger partial charge in [-0.25, -0.2) is 14.5 Å². The number of carbonyl (C=O) groups excluding carboxylic acids is 2. The number of piperidine rings is 1. The molecular formula is C27H32N2O7. The molecule has 192 valence electrons. The highest BCUT2D eigenvalue weighted by Gasteiger charge is 2.55. The molecule has 9 nitrogen and oxygen atoms in total. The van der Waals surface area contributed by atoms with Crippen LogP contribution in [0.3, 0.4) is 0 Å². The summed E-state index contributed by atoms with van der Waals surface area (Å²) in [5, 5.41) is 0. The molecule has 0 aliphatic carbocycles. The highest BCUT2D eigenvalue weighted by molar-refractivity contribution is 6.31. The number of hydrogen-bond acceptors (Lipinski definition) is 8. The monoisotopic (exact) mass is 496 g/mol. The maximum atomic E-state index is 12.2. The second-order valence-corrected chi connectivity index (χ2v) is 9.78. The van der Waals surface area contributed by atoms with E-state index >= 15 is 0 Å². The van der Waals surface area contributed by atoms with Gasteiger partial charge in [0.25, 0.3) is 5.56 Å². The van der Waals surface area contributed by atoms with Crippen molar-refractivity contribution >= 4 is 11.9 Å². The lowest BCUT2D eigenvalue weighted by Crippen LogP contribution is -2.55. The molecule has 0 saturated carbocycles. The second-order valence-electron chi connectivity index (χ2n) is 9.78. The molecule has 0 amide bonds. The third-order valence-corrected chi connectivity index (χ3v) is 7.22. The Hall–Kier alpha value is -3.17. The van der Waals surface area contributed by atoms with Gasteiger partial charge in [0.15, 0.2) is 0 Å². The van der Waals surface area contributed by atoms with Crippen LogP contribution < -0.4 is 10.3 Å². The average molecular weight is 497 g/mol. The molecule has 1 N–H and O–H groups in total. The van der Waals surface area contributed by atoms with Gasteiger partial charge in [0.05, 0.1) is 6.10 Å². The van der Waals surface area contributed by atoms with Crippen LogP contribution in [0.5, 0.6) is 5.75 Å². The molecule has 36 heavy (non-hydrogen) atoms. The topological polar surface area (TPSA) is 107 Å².